The number of carbonyl (C=O) groups excluding carboxylic acids is 1. The maximum Gasteiger partial charge on any atom is 0.326 e. The molecule has 21 heavy (non-hydrogen) atoms. The second-order valence-corrected chi connectivity index (χ2v) is 7.51. The first-order valence-electron chi connectivity index (χ1n) is 8.59. The number of nitrogens with zero attached hydrogens (tertiary/aromatic N) is 1. The smallest absolute Gasteiger partial charge is 0.326 e. The third-order valence-electron chi connectivity index (χ3n) is 5.09. The van der Waals surface area contributed by atoms with Crippen molar-refractivity contribution in [3.8, 4) is 0 Å². The van der Waals surface area contributed by atoms with Gasteiger partial charge in [-0.1, -0.05) is 20.8 Å². The molecule has 2 rings (SSSR count). The lowest BCUT2D eigenvalue weighted by Crippen LogP contribution is -2.52. The molecule has 0 amide bonds. The summed E-state index contributed by atoms with van der Waals surface area (Å²) in [5, 5.41) is 3.50. The van der Waals surface area contributed by atoms with Crippen molar-refractivity contribution in [2.24, 2.45) is 5.41 Å². The molecule has 0 spiro atoms. The zero-order chi connectivity index (χ0) is 15.5. The highest BCUT2D eigenvalue weighted by Gasteiger charge is 2.48. The van der Waals surface area contributed by atoms with Crippen LogP contribution in [0, 0.1) is 5.41 Å². The first kappa shape index (κ1) is 16.8. The van der Waals surface area contributed by atoms with Gasteiger partial charge in [-0.15, -0.1) is 0 Å². The Balaban J connectivity index is 2.02. The molecule has 0 bridgehead atoms. The van der Waals surface area contributed by atoms with Crippen molar-refractivity contribution in [1.82, 2.24) is 10.2 Å². The van der Waals surface area contributed by atoms with Crippen LogP contribution >= 0.6 is 0 Å². The first-order chi connectivity index (χ1) is 9.92. The largest absolute Gasteiger partial charge is 0.465 e. The Labute approximate surface area is 129 Å². The molecule has 1 aliphatic carbocycles. The number of hydrogen-bond acceptors (Lipinski definition) is 4. The molecule has 2 atom stereocenters. The van der Waals surface area contributed by atoms with Gasteiger partial charge in [0.25, 0.3) is 0 Å². The number of nitrogens with one attached hydrogen (secondary N) is 1. The van der Waals surface area contributed by atoms with Crippen molar-refractivity contribution in [2.45, 2.75) is 71.4 Å². The quantitative estimate of drug-likeness (QED) is 0.765. The Morgan fingerprint density at radius 1 is 1.33 bits per heavy atom. The third-order valence-corrected chi connectivity index (χ3v) is 5.09. The molecule has 0 aromatic rings. The molecule has 2 unspecified atom stereocenters. The van der Waals surface area contributed by atoms with E-state index in [1.807, 2.05) is 6.92 Å². The predicted molar refractivity (Wildman–Crippen MR) is 85.3 cm³/mol. The molecule has 1 N–H and O–H groups in total. The molecule has 122 valence electrons. The Morgan fingerprint density at radius 2 is 2.10 bits per heavy atom. The van der Waals surface area contributed by atoms with Crippen molar-refractivity contribution in [3.05, 3.63) is 0 Å². The van der Waals surface area contributed by atoms with Crippen LogP contribution in [0.25, 0.3) is 0 Å². The van der Waals surface area contributed by atoms with Gasteiger partial charge in [0.15, 0.2) is 0 Å². The standard InChI is InChI=1S/C17H32N2O2/c1-5-10-18-17(15(20)21-6-2)8-7-14(12-17)19-11-9-16(3,4)13-19/h14,18H,5-13H2,1-4H3. The van der Waals surface area contributed by atoms with Crippen molar-refractivity contribution in [3.63, 3.8) is 0 Å². The molecule has 1 saturated heterocycles. The lowest BCUT2D eigenvalue weighted by molar-refractivity contribution is -0.151. The molecule has 1 aliphatic heterocycles. The summed E-state index contributed by atoms with van der Waals surface area (Å²) in [6, 6.07) is 0.528. The number of carbonyl (C=O) groups is 1. The van der Waals surface area contributed by atoms with Crippen LogP contribution in [0.4, 0.5) is 0 Å². The Bertz CT molecular complexity index is 370. The fourth-order valence-electron chi connectivity index (χ4n) is 3.85. The zero-order valence-electron chi connectivity index (χ0n) is 14.2. The number of hydrogen-bond donors (Lipinski definition) is 1. The monoisotopic (exact) mass is 296 g/mol. The Hall–Kier alpha value is -0.610. The van der Waals surface area contributed by atoms with Crippen molar-refractivity contribution < 1.29 is 9.53 Å². The number of ether oxygens (including phenoxy) is 1. The minimum Gasteiger partial charge on any atom is -0.465 e. The summed E-state index contributed by atoms with van der Waals surface area (Å²) >= 11 is 0. The van der Waals surface area contributed by atoms with Crippen LogP contribution in [0.3, 0.4) is 0 Å². The summed E-state index contributed by atoms with van der Waals surface area (Å²) in [4.78, 5) is 15.0. The second-order valence-electron chi connectivity index (χ2n) is 7.51. The molecule has 2 fully saturated rings. The summed E-state index contributed by atoms with van der Waals surface area (Å²) in [5.41, 5.74) is -0.0184. The second kappa shape index (κ2) is 6.66. The summed E-state index contributed by atoms with van der Waals surface area (Å²) in [7, 11) is 0. The van der Waals surface area contributed by atoms with Crippen molar-refractivity contribution >= 4 is 5.97 Å². The Kier molecular flexibility index (Phi) is 5.31. The number of rotatable bonds is 6. The lowest BCUT2D eigenvalue weighted by Gasteiger charge is -2.30. The number of esters is 1. The average Bonchev–Trinajstić information content (AvgIpc) is 3.01. The number of likely N-dealkylation sites (tertiary alicyclic amines) is 1. The molecule has 0 aromatic heterocycles. The van der Waals surface area contributed by atoms with Crippen molar-refractivity contribution in [1.29, 1.82) is 0 Å². The van der Waals surface area contributed by atoms with Gasteiger partial charge >= 0.3 is 5.97 Å². The van der Waals surface area contributed by atoms with Crippen LogP contribution in [0.2, 0.25) is 0 Å². The Morgan fingerprint density at radius 3 is 2.67 bits per heavy atom. The minimum atomic E-state index is -0.441. The molecule has 0 radical (unpaired) electrons. The molecule has 4 heteroatoms. The van der Waals surface area contributed by atoms with Gasteiger partial charge < -0.3 is 10.1 Å². The van der Waals surface area contributed by atoms with E-state index in [0.29, 0.717) is 18.1 Å². The third kappa shape index (κ3) is 3.78. The van der Waals surface area contributed by atoms with E-state index in [9.17, 15) is 4.79 Å². The molecular weight excluding hydrogens is 264 g/mol. The van der Waals surface area contributed by atoms with E-state index in [0.717, 1.165) is 38.8 Å². The lowest BCUT2D eigenvalue weighted by atomic mass is 9.93. The predicted octanol–water partition coefficient (Wildman–Crippen LogP) is 2.57. The average molecular weight is 296 g/mol. The molecule has 4 nitrogen and oxygen atoms in total. The van der Waals surface area contributed by atoms with Gasteiger partial charge in [-0.25, -0.2) is 0 Å². The normalized spacial score (nSPS) is 32.5. The van der Waals surface area contributed by atoms with Crippen LogP contribution in [0.15, 0.2) is 0 Å². The summed E-state index contributed by atoms with van der Waals surface area (Å²) in [5.74, 6) is -0.0422. The van der Waals surface area contributed by atoms with Gasteiger partial charge in [-0.3, -0.25) is 9.69 Å². The van der Waals surface area contributed by atoms with Crippen LogP contribution in [0.1, 0.15) is 59.8 Å². The van der Waals surface area contributed by atoms with E-state index < -0.39 is 5.54 Å². The molecule has 1 heterocycles. The fraction of sp³-hybridized carbons (Fsp3) is 0.941. The maximum absolute atomic E-state index is 12.5. The van der Waals surface area contributed by atoms with E-state index in [2.05, 4.69) is 31.0 Å². The molecule has 0 aromatic carbocycles. The fourth-order valence-corrected chi connectivity index (χ4v) is 3.85. The van der Waals surface area contributed by atoms with E-state index in [1.54, 1.807) is 0 Å². The van der Waals surface area contributed by atoms with E-state index in [1.165, 1.54) is 13.0 Å². The van der Waals surface area contributed by atoms with Gasteiger partial charge in [-0.05, 0) is 57.5 Å². The summed E-state index contributed by atoms with van der Waals surface area (Å²) < 4.78 is 5.36. The highest BCUT2D eigenvalue weighted by Crippen LogP contribution is 2.39. The van der Waals surface area contributed by atoms with Crippen LogP contribution in [-0.2, 0) is 9.53 Å². The molecule has 1 saturated carbocycles. The highest BCUT2D eigenvalue weighted by atomic mass is 16.5. The van der Waals surface area contributed by atoms with Gasteiger partial charge in [0, 0.05) is 12.6 Å². The van der Waals surface area contributed by atoms with E-state index in [-0.39, 0.29) is 5.97 Å². The van der Waals surface area contributed by atoms with Crippen molar-refractivity contribution in [2.75, 3.05) is 26.2 Å². The molecule has 2 aliphatic rings. The first-order valence-corrected chi connectivity index (χ1v) is 8.59. The highest BCUT2D eigenvalue weighted by molar-refractivity contribution is 5.81. The van der Waals surface area contributed by atoms with Gasteiger partial charge in [0.05, 0.1) is 6.61 Å². The SMILES string of the molecule is CCCNC1(C(=O)OCC)CCC(N2CCC(C)(C)C2)C1. The van der Waals surface area contributed by atoms with E-state index in [4.69, 9.17) is 4.74 Å². The van der Waals surface area contributed by atoms with Crippen LogP contribution < -0.4 is 5.32 Å². The minimum absolute atomic E-state index is 0.0422. The van der Waals surface area contributed by atoms with Gasteiger partial charge in [0.2, 0.25) is 0 Å². The summed E-state index contributed by atoms with van der Waals surface area (Å²) in [6.07, 6.45) is 5.22. The van der Waals surface area contributed by atoms with Crippen LogP contribution in [-0.4, -0.2) is 48.7 Å². The van der Waals surface area contributed by atoms with E-state index >= 15 is 0 Å². The van der Waals surface area contributed by atoms with Gasteiger partial charge in [-0.2, -0.15) is 0 Å². The topological polar surface area (TPSA) is 41.6 Å². The van der Waals surface area contributed by atoms with Crippen LogP contribution in [0.5, 0.6) is 0 Å². The summed E-state index contributed by atoms with van der Waals surface area (Å²) in [6.45, 7) is 12.4. The maximum atomic E-state index is 12.5. The molecular formula is C17H32N2O2. The zero-order valence-corrected chi connectivity index (χ0v) is 14.2. The van der Waals surface area contributed by atoms with Gasteiger partial charge in [0.1, 0.15) is 5.54 Å².